The van der Waals surface area contributed by atoms with E-state index in [4.69, 9.17) is 0 Å². The highest BCUT2D eigenvalue weighted by Crippen LogP contribution is 2.31. The number of carbonyl (C=O) groups excluding carboxylic acids is 1. The predicted octanol–water partition coefficient (Wildman–Crippen LogP) is 3.28. The number of rotatable bonds is 3. The van der Waals surface area contributed by atoms with Gasteiger partial charge in [-0.2, -0.15) is 13.2 Å². The quantitative estimate of drug-likeness (QED) is 0.904. The van der Waals surface area contributed by atoms with Crippen LogP contribution in [0, 0.1) is 0 Å². The summed E-state index contributed by atoms with van der Waals surface area (Å²) in [5.41, 5.74) is 2.07. The van der Waals surface area contributed by atoms with E-state index in [-0.39, 0.29) is 18.0 Å². The van der Waals surface area contributed by atoms with Gasteiger partial charge in [0.2, 0.25) is 0 Å². The number of halogens is 3. The van der Waals surface area contributed by atoms with Crippen LogP contribution in [0.1, 0.15) is 32.6 Å². The van der Waals surface area contributed by atoms with Crippen LogP contribution in [0.4, 0.5) is 13.2 Å². The van der Waals surface area contributed by atoms with E-state index in [2.05, 4.69) is 10.6 Å². The maximum Gasteiger partial charge on any atom is 0.416 e. The molecule has 0 radical (unpaired) electrons. The summed E-state index contributed by atoms with van der Waals surface area (Å²) in [6.45, 7) is 1.47. The summed E-state index contributed by atoms with van der Waals surface area (Å²) in [5, 5.41) is 5.83. The Bertz CT molecular complexity index is 756. The Morgan fingerprint density at radius 3 is 2.71 bits per heavy atom. The summed E-state index contributed by atoms with van der Waals surface area (Å²) in [6.07, 6.45) is -3.59. The Balaban J connectivity index is 1.73. The van der Waals surface area contributed by atoms with E-state index in [1.165, 1.54) is 18.2 Å². The number of carbonyl (C=O) groups is 1. The largest absolute Gasteiger partial charge is 0.416 e. The SMILES string of the molecule is O=C(NCc1ccccc1C(F)(F)F)c1ccc2c(c1)CCNC2. The summed E-state index contributed by atoms with van der Waals surface area (Å²) >= 11 is 0. The minimum Gasteiger partial charge on any atom is -0.348 e. The number of nitrogens with one attached hydrogen (secondary N) is 2. The summed E-state index contributed by atoms with van der Waals surface area (Å²) in [4.78, 5) is 12.3. The van der Waals surface area contributed by atoms with Gasteiger partial charge in [0.25, 0.3) is 5.91 Å². The molecular formula is C18H17F3N2O. The zero-order valence-electron chi connectivity index (χ0n) is 12.9. The molecule has 0 fully saturated rings. The van der Waals surface area contributed by atoms with Gasteiger partial charge in [-0.15, -0.1) is 0 Å². The molecule has 3 nitrogen and oxygen atoms in total. The van der Waals surface area contributed by atoms with Gasteiger partial charge in [0.1, 0.15) is 0 Å². The molecule has 24 heavy (non-hydrogen) atoms. The molecule has 3 rings (SSSR count). The third-order valence-electron chi connectivity index (χ3n) is 4.12. The predicted molar refractivity (Wildman–Crippen MR) is 84.5 cm³/mol. The number of alkyl halides is 3. The van der Waals surface area contributed by atoms with Crippen LogP contribution in [0.2, 0.25) is 0 Å². The Labute approximate surface area is 137 Å². The molecule has 0 aliphatic carbocycles. The van der Waals surface area contributed by atoms with Crippen molar-refractivity contribution < 1.29 is 18.0 Å². The highest BCUT2D eigenvalue weighted by atomic mass is 19.4. The van der Waals surface area contributed by atoms with Crippen molar-refractivity contribution >= 4 is 5.91 Å². The third-order valence-corrected chi connectivity index (χ3v) is 4.12. The van der Waals surface area contributed by atoms with Crippen molar-refractivity contribution in [3.63, 3.8) is 0 Å². The van der Waals surface area contributed by atoms with E-state index in [1.54, 1.807) is 6.07 Å². The van der Waals surface area contributed by atoms with Crippen LogP contribution < -0.4 is 10.6 Å². The first-order valence-corrected chi connectivity index (χ1v) is 7.71. The molecule has 1 aliphatic rings. The second-order valence-corrected chi connectivity index (χ2v) is 5.75. The molecule has 1 aliphatic heterocycles. The van der Waals surface area contributed by atoms with Crippen molar-refractivity contribution in [1.82, 2.24) is 10.6 Å². The zero-order chi connectivity index (χ0) is 17.2. The van der Waals surface area contributed by atoms with Gasteiger partial charge >= 0.3 is 6.18 Å². The smallest absolute Gasteiger partial charge is 0.348 e. The van der Waals surface area contributed by atoms with Gasteiger partial charge in [-0.05, 0) is 47.9 Å². The number of fused-ring (bicyclic) bond motifs is 1. The van der Waals surface area contributed by atoms with E-state index in [1.807, 2.05) is 12.1 Å². The van der Waals surface area contributed by atoms with Gasteiger partial charge in [0.15, 0.2) is 0 Å². The molecule has 1 heterocycles. The minimum atomic E-state index is -4.43. The Kier molecular flexibility index (Phi) is 4.57. The molecule has 2 aromatic rings. The van der Waals surface area contributed by atoms with Crippen LogP contribution in [0.3, 0.4) is 0 Å². The Morgan fingerprint density at radius 1 is 1.12 bits per heavy atom. The molecule has 1 amide bonds. The van der Waals surface area contributed by atoms with Crippen LogP contribution in [0.15, 0.2) is 42.5 Å². The maximum absolute atomic E-state index is 13.0. The van der Waals surface area contributed by atoms with Crippen LogP contribution in [0.5, 0.6) is 0 Å². The molecule has 0 spiro atoms. The summed E-state index contributed by atoms with van der Waals surface area (Å²) in [6, 6.07) is 10.7. The first kappa shape index (κ1) is 16.5. The lowest BCUT2D eigenvalue weighted by Gasteiger charge is -2.18. The first-order valence-electron chi connectivity index (χ1n) is 7.71. The second-order valence-electron chi connectivity index (χ2n) is 5.75. The number of hydrogen-bond acceptors (Lipinski definition) is 2. The van der Waals surface area contributed by atoms with Crippen molar-refractivity contribution in [2.75, 3.05) is 6.54 Å². The van der Waals surface area contributed by atoms with Gasteiger partial charge < -0.3 is 10.6 Å². The highest BCUT2D eigenvalue weighted by molar-refractivity contribution is 5.94. The molecule has 0 aromatic heterocycles. The van der Waals surface area contributed by atoms with Gasteiger partial charge in [-0.1, -0.05) is 24.3 Å². The standard InChI is InChI=1S/C18H17F3N2O/c19-18(20,21)16-4-2-1-3-15(16)11-23-17(24)13-5-6-14-10-22-8-7-12(14)9-13/h1-6,9,22H,7-8,10-11H2,(H,23,24). The summed E-state index contributed by atoms with van der Waals surface area (Å²) in [7, 11) is 0. The molecule has 2 aromatic carbocycles. The second kappa shape index (κ2) is 6.65. The monoisotopic (exact) mass is 334 g/mol. The van der Waals surface area contributed by atoms with Crippen LogP contribution >= 0.6 is 0 Å². The molecule has 0 atom stereocenters. The lowest BCUT2D eigenvalue weighted by Crippen LogP contribution is -2.26. The van der Waals surface area contributed by atoms with E-state index in [9.17, 15) is 18.0 Å². The molecule has 0 bridgehead atoms. The van der Waals surface area contributed by atoms with Crippen molar-refractivity contribution in [2.45, 2.75) is 25.7 Å². The third kappa shape index (κ3) is 3.59. The fourth-order valence-corrected chi connectivity index (χ4v) is 2.85. The molecule has 0 saturated heterocycles. The van der Waals surface area contributed by atoms with Crippen molar-refractivity contribution in [2.24, 2.45) is 0 Å². The number of hydrogen-bond donors (Lipinski definition) is 2. The van der Waals surface area contributed by atoms with Crippen LogP contribution in [-0.2, 0) is 25.7 Å². The topological polar surface area (TPSA) is 41.1 Å². The van der Waals surface area contributed by atoms with Crippen molar-refractivity contribution in [1.29, 1.82) is 0 Å². The first-order chi connectivity index (χ1) is 11.4. The van der Waals surface area contributed by atoms with Crippen molar-refractivity contribution in [3.8, 4) is 0 Å². The molecule has 126 valence electrons. The van der Waals surface area contributed by atoms with Gasteiger partial charge in [0, 0.05) is 18.7 Å². The normalized spacial score (nSPS) is 14.1. The Morgan fingerprint density at radius 2 is 1.92 bits per heavy atom. The van der Waals surface area contributed by atoms with Gasteiger partial charge in [-0.3, -0.25) is 4.79 Å². The molecular weight excluding hydrogens is 317 g/mol. The Hall–Kier alpha value is -2.34. The van der Waals surface area contributed by atoms with E-state index in [0.717, 1.165) is 36.7 Å². The van der Waals surface area contributed by atoms with Gasteiger partial charge in [-0.25, -0.2) is 0 Å². The maximum atomic E-state index is 13.0. The number of amides is 1. The van der Waals surface area contributed by atoms with E-state index < -0.39 is 11.7 Å². The molecule has 6 heteroatoms. The average molecular weight is 334 g/mol. The van der Waals surface area contributed by atoms with E-state index >= 15 is 0 Å². The van der Waals surface area contributed by atoms with Crippen molar-refractivity contribution in [3.05, 3.63) is 70.3 Å². The molecule has 0 unspecified atom stereocenters. The fourth-order valence-electron chi connectivity index (χ4n) is 2.85. The summed E-state index contributed by atoms with van der Waals surface area (Å²) in [5.74, 6) is -0.367. The summed E-state index contributed by atoms with van der Waals surface area (Å²) < 4.78 is 38.9. The van der Waals surface area contributed by atoms with E-state index in [0.29, 0.717) is 5.56 Å². The lowest BCUT2D eigenvalue weighted by atomic mass is 9.98. The molecule has 0 saturated carbocycles. The number of benzene rings is 2. The minimum absolute atomic E-state index is 0.0560. The zero-order valence-corrected chi connectivity index (χ0v) is 12.9. The van der Waals surface area contributed by atoms with Gasteiger partial charge in [0.05, 0.1) is 5.56 Å². The molecule has 2 N–H and O–H groups in total. The lowest BCUT2D eigenvalue weighted by molar-refractivity contribution is -0.138. The van der Waals surface area contributed by atoms with Crippen LogP contribution in [-0.4, -0.2) is 12.5 Å². The average Bonchev–Trinajstić information content (AvgIpc) is 2.58. The fraction of sp³-hybridized carbons (Fsp3) is 0.278. The highest BCUT2D eigenvalue weighted by Gasteiger charge is 2.32. The van der Waals surface area contributed by atoms with Crippen LogP contribution in [0.25, 0.3) is 0 Å².